The maximum atomic E-state index is 5.22. The molecule has 0 heterocycles. The largest absolute Gasteiger partial charge is 0.496 e. The molecule has 0 saturated carbocycles. The van der Waals surface area contributed by atoms with Crippen LogP contribution in [0.3, 0.4) is 0 Å². The van der Waals surface area contributed by atoms with Crippen molar-refractivity contribution in [2.75, 3.05) is 7.11 Å². The Morgan fingerprint density at radius 3 is 2.58 bits per heavy atom. The van der Waals surface area contributed by atoms with E-state index in [1.165, 1.54) is 15.6 Å². The van der Waals surface area contributed by atoms with E-state index in [1.54, 1.807) is 7.11 Å². The molecule has 0 atom stereocenters. The zero-order chi connectivity index (χ0) is 9.14. The predicted octanol–water partition coefficient (Wildman–Crippen LogP) is 3.33. The van der Waals surface area contributed by atoms with Gasteiger partial charge in [-0.3, -0.25) is 0 Å². The smallest absolute Gasteiger partial charge is 0.122 e. The lowest BCUT2D eigenvalue weighted by Gasteiger charge is -2.08. The van der Waals surface area contributed by atoms with E-state index in [0.717, 1.165) is 12.2 Å². The minimum Gasteiger partial charge on any atom is -0.496 e. The van der Waals surface area contributed by atoms with Gasteiger partial charge in [-0.2, -0.15) is 0 Å². The molecule has 0 radical (unpaired) electrons. The second kappa shape index (κ2) is 3.94. The number of methoxy groups -OCH3 is 1. The molecule has 0 unspecified atom stereocenters. The van der Waals surface area contributed by atoms with Crippen LogP contribution in [0, 0.1) is 6.92 Å². The lowest BCUT2D eigenvalue weighted by molar-refractivity contribution is 0.411. The van der Waals surface area contributed by atoms with Gasteiger partial charge in [0, 0.05) is 4.47 Å². The lowest BCUT2D eigenvalue weighted by atomic mass is 10.1. The number of rotatable bonds is 2. The van der Waals surface area contributed by atoms with Crippen molar-refractivity contribution < 1.29 is 4.74 Å². The quantitative estimate of drug-likeness (QED) is 0.755. The van der Waals surface area contributed by atoms with Crippen molar-refractivity contribution in [1.82, 2.24) is 0 Å². The van der Waals surface area contributed by atoms with Gasteiger partial charge >= 0.3 is 0 Å². The van der Waals surface area contributed by atoms with Crippen molar-refractivity contribution in [2.45, 2.75) is 20.3 Å². The molecule has 0 fully saturated rings. The van der Waals surface area contributed by atoms with Gasteiger partial charge in [-0.25, -0.2) is 0 Å². The van der Waals surface area contributed by atoms with E-state index < -0.39 is 0 Å². The van der Waals surface area contributed by atoms with Crippen molar-refractivity contribution >= 4 is 15.9 Å². The topological polar surface area (TPSA) is 9.23 Å². The molecule has 0 aliphatic rings. The van der Waals surface area contributed by atoms with Crippen LogP contribution in [0.1, 0.15) is 18.1 Å². The van der Waals surface area contributed by atoms with Gasteiger partial charge < -0.3 is 4.74 Å². The maximum Gasteiger partial charge on any atom is 0.122 e. The first kappa shape index (κ1) is 9.59. The van der Waals surface area contributed by atoms with Gasteiger partial charge in [0.1, 0.15) is 5.75 Å². The number of aryl methyl sites for hydroxylation is 2. The van der Waals surface area contributed by atoms with Crippen molar-refractivity contribution in [3.05, 3.63) is 27.7 Å². The van der Waals surface area contributed by atoms with Crippen LogP contribution in [0.5, 0.6) is 5.75 Å². The molecular weight excluding hydrogens is 216 g/mol. The second-order valence-electron chi connectivity index (χ2n) is 2.77. The molecule has 0 aromatic heterocycles. The Hall–Kier alpha value is -0.500. The fraction of sp³-hybridized carbons (Fsp3) is 0.400. The fourth-order valence-corrected chi connectivity index (χ4v) is 1.92. The average Bonchev–Trinajstić information content (AvgIpc) is 2.05. The molecule has 12 heavy (non-hydrogen) atoms. The monoisotopic (exact) mass is 228 g/mol. The van der Waals surface area contributed by atoms with Gasteiger partial charge in [0.15, 0.2) is 0 Å². The number of ether oxygens (including phenoxy) is 1. The zero-order valence-corrected chi connectivity index (χ0v) is 9.23. The van der Waals surface area contributed by atoms with Gasteiger partial charge in [-0.1, -0.05) is 22.9 Å². The molecule has 1 nitrogen and oxygen atoms in total. The number of benzene rings is 1. The Morgan fingerprint density at radius 2 is 2.08 bits per heavy atom. The Bertz CT molecular complexity index is 256. The lowest BCUT2D eigenvalue weighted by Crippen LogP contribution is -1.90. The van der Waals surface area contributed by atoms with Crippen LogP contribution in [-0.4, -0.2) is 7.11 Å². The Labute approximate surface area is 81.9 Å². The first-order valence-corrected chi connectivity index (χ1v) is 4.81. The van der Waals surface area contributed by atoms with Gasteiger partial charge in [-0.05, 0) is 36.6 Å². The highest BCUT2D eigenvalue weighted by atomic mass is 79.9. The van der Waals surface area contributed by atoms with E-state index in [-0.39, 0.29) is 0 Å². The van der Waals surface area contributed by atoms with E-state index in [0.29, 0.717) is 0 Å². The van der Waals surface area contributed by atoms with Crippen LogP contribution in [0.2, 0.25) is 0 Å². The minimum absolute atomic E-state index is 0.968. The first-order chi connectivity index (χ1) is 5.69. The van der Waals surface area contributed by atoms with Crippen molar-refractivity contribution in [2.24, 2.45) is 0 Å². The summed E-state index contributed by atoms with van der Waals surface area (Å²) in [7, 11) is 1.70. The molecule has 1 aromatic carbocycles. The average molecular weight is 229 g/mol. The summed E-state index contributed by atoms with van der Waals surface area (Å²) in [4.78, 5) is 0. The molecule has 0 aliphatic heterocycles. The van der Waals surface area contributed by atoms with Crippen LogP contribution in [0.25, 0.3) is 0 Å². The van der Waals surface area contributed by atoms with E-state index >= 15 is 0 Å². The van der Waals surface area contributed by atoms with Crippen LogP contribution >= 0.6 is 15.9 Å². The van der Waals surface area contributed by atoms with Gasteiger partial charge in [-0.15, -0.1) is 0 Å². The van der Waals surface area contributed by atoms with Crippen LogP contribution in [0.15, 0.2) is 16.6 Å². The third-order valence-corrected chi connectivity index (χ3v) is 2.68. The zero-order valence-electron chi connectivity index (χ0n) is 7.65. The molecule has 0 N–H and O–H groups in total. The predicted molar refractivity (Wildman–Crippen MR) is 54.8 cm³/mol. The molecule has 0 bridgehead atoms. The normalized spacial score (nSPS) is 10.0. The Balaban J connectivity index is 3.18. The summed E-state index contributed by atoms with van der Waals surface area (Å²) < 4.78 is 6.39. The van der Waals surface area contributed by atoms with Crippen LogP contribution in [0.4, 0.5) is 0 Å². The molecule has 0 aliphatic carbocycles. The second-order valence-corrected chi connectivity index (χ2v) is 3.62. The summed E-state index contributed by atoms with van der Waals surface area (Å²) in [6.07, 6.45) is 1.03. The van der Waals surface area contributed by atoms with Crippen molar-refractivity contribution in [1.29, 1.82) is 0 Å². The third kappa shape index (κ3) is 1.81. The van der Waals surface area contributed by atoms with Crippen molar-refractivity contribution in [3.63, 3.8) is 0 Å². The number of hydrogen-bond acceptors (Lipinski definition) is 1. The fourth-order valence-electron chi connectivity index (χ4n) is 1.19. The van der Waals surface area contributed by atoms with Crippen LogP contribution in [-0.2, 0) is 6.42 Å². The standard InChI is InChI=1S/C10H13BrO/c1-4-8-6-10(12-3)7(2)5-9(8)11/h5-6H,4H2,1-3H3. The van der Waals surface area contributed by atoms with Gasteiger partial charge in [0.25, 0.3) is 0 Å². The molecule has 0 spiro atoms. The summed E-state index contributed by atoms with van der Waals surface area (Å²) in [6.45, 7) is 4.18. The minimum atomic E-state index is 0.968. The summed E-state index contributed by atoms with van der Waals surface area (Å²) in [6, 6.07) is 4.18. The molecular formula is C10H13BrO. The SMILES string of the molecule is CCc1cc(OC)c(C)cc1Br. The highest BCUT2D eigenvalue weighted by Crippen LogP contribution is 2.26. The molecule has 1 rings (SSSR count). The summed E-state index contributed by atoms with van der Waals surface area (Å²) in [5.41, 5.74) is 2.46. The molecule has 1 aromatic rings. The molecule has 0 saturated heterocycles. The Kier molecular flexibility index (Phi) is 3.15. The van der Waals surface area contributed by atoms with Gasteiger partial charge in [0.05, 0.1) is 7.11 Å². The molecule has 0 amide bonds. The van der Waals surface area contributed by atoms with Gasteiger partial charge in [0.2, 0.25) is 0 Å². The number of halogens is 1. The summed E-state index contributed by atoms with van der Waals surface area (Å²) >= 11 is 3.52. The third-order valence-electron chi connectivity index (χ3n) is 1.94. The summed E-state index contributed by atoms with van der Waals surface area (Å²) in [5, 5.41) is 0. The van der Waals surface area contributed by atoms with E-state index in [9.17, 15) is 0 Å². The molecule has 66 valence electrons. The highest BCUT2D eigenvalue weighted by Gasteiger charge is 2.03. The first-order valence-electron chi connectivity index (χ1n) is 4.02. The van der Waals surface area contributed by atoms with E-state index in [4.69, 9.17) is 4.74 Å². The molecule has 2 heteroatoms. The van der Waals surface area contributed by atoms with Crippen LogP contribution < -0.4 is 4.74 Å². The Morgan fingerprint density at radius 1 is 1.42 bits per heavy atom. The van der Waals surface area contributed by atoms with E-state index in [2.05, 4.69) is 35.0 Å². The summed E-state index contributed by atoms with van der Waals surface area (Å²) in [5.74, 6) is 0.968. The maximum absolute atomic E-state index is 5.22. The number of hydrogen-bond donors (Lipinski definition) is 0. The highest BCUT2D eigenvalue weighted by molar-refractivity contribution is 9.10. The van der Waals surface area contributed by atoms with E-state index in [1.807, 2.05) is 6.92 Å². The van der Waals surface area contributed by atoms with Crippen molar-refractivity contribution in [3.8, 4) is 5.75 Å².